The monoisotopic (exact) mass is 312 g/mol. The van der Waals surface area contributed by atoms with Gasteiger partial charge >= 0.3 is 6.18 Å². The van der Waals surface area contributed by atoms with Crippen LogP contribution in [0.4, 0.5) is 18.9 Å². The first kappa shape index (κ1) is 13.9. The van der Waals surface area contributed by atoms with Crippen LogP contribution in [0.25, 0.3) is 0 Å². The van der Waals surface area contributed by atoms with E-state index in [2.05, 4.69) is 21.2 Å². The van der Waals surface area contributed by atoms with Crippen molar-refractivity contribution < 1.29 is 18.1 Å². The highest BCUT2D eigenvalue weighted by Gasteiger charge is 2.26. The minimum Gasteiger partial charge on any atom is -0.305 e. The van der Waals surface area contributed by atoms with Crippen LogP contribution in [0.2, 0.25) is 0 Å². The van der Waals surface area contributed by atoms with Gasteiger partial charge in [-0.3, -0.25) is 10.1 Å². The fourth-order valence-corrected chi connectivity index (χ4v) is 1.73. The van der Waals surface area contributed by atoms with Crippen molar-refractivity contribution in [1.82, 2.24) is 5.32 Å². The molecule has 1 aromatic rings. The average molecular weight is 313 g/mol. The minimum absolute atomic E-state index is 0.0955. The summed E-state index contributed by atoms with van der Waals surface area (Å²) in [5.41, 5.74) is 0.236. The number of benzene rings is 1. The molecule has 0 fully saturated rings. The van der Waals surface area contributed by atoms with Crippen molar-refractivity contribution in [3.63, 3.8) is 0 Å². The lowest BCUT2D eigenvalue weighted by Gasteiger charge is -2.09. The third kappa shape index (κ3) is 4.31. The third-order valence-electron chi connectivity index (χ3n) is 1.90. The van der Waals surface area contributed by atoms with Crippen molar-refractivity contribution >= 4 is 21.6 Å². The summed E-state index contributed by atoms with van der Waals surface area (Å²) >= 11 is 3.00. The second kappa shape index (κ2) is 5.46. The Balaban J connectivity index is 2.72. The first-order valence-electron chi connectivity index (χ1n) is 4.50. The average Bonchev–Trinajstić information content (AvgIpc) is 2.18. The number of nitro groups is 1. The van der Waals surface area contributed by atoms with E-state index in [1.807, 2.05) is 0 Å². The molecule has 0 radical (unpaired) electrons. The van der Waals surface area contributed by atoms with Crippen LogP contribution >= 0.6 is 15.9 Å². The van der Waals surface area contributed by atoms with Crippen molar-refractivity contribution in [3.8, 4) is 0 Å². The molecule has 1 N–H and O–H groups in total. The van der Waals surface area contributed by atoms with Gasteiger partial charge in [0.1, 0.15) is 0 Å². The molecule has 17 heavy (non-hydrogen) atoms. The number of hydrogen-bond donors (Lipinski definition) is 1. The summed E-state index contributed by atoms with van der Waals surface area (Å²) in [4.78, 5) is 9.98. The Morgan fingerprint density at radius 3 is 2.59 bits per heavy atom. The van der Waals surface area contributed by atoms with Gasteiger partial charge in [-0.05, 0) is 21.5 Å². The van der Waals surface area contributed by atoms with Gasteiger partial charge in [0, 0.05) is 12.6 Å². The standard InChI is InChI=1S/C9H8BrF3N2O2/c10-8-6(4-14-5-9(11,12)13)2-1-3-7(8)15(16)17/h1-3,14H,4-5H2. The maximum Gasteiger partial charge on any atom is 0.401 e. The topological polar surface area (TPSA) is 55.2 Å². The highest BCUT2D eigenvalue weighted by Crippen LogP contribution is 2.28. The molecule has 0 amide bonds. The van der Waals surface area contributed by atoms with E-state index in [1.54, 1.807) is 0 Å². The quantitative estimate of drug-likeness (QED) is 0.687. The zero-order valence-electron chi connectivity index (χ0n) is 8.42. The van der Waals surface area contributed by atoms with E-state index < -0.39 is 17.6 Å². The minimum atomic E-state index is -4.30. The number of halogens is 4. The van der Waals surface area contributed by atoms with Crippen molar-refractivity contribution in [2.75, 3.05) is 6.54 Å². The Labute approximate surface area is 103 Å². The molecule has 0 bridgehead atoms. The van der Waals surface area contributed by atoms with Gasteiger partial charge in [-0.25, -0.2) is 0 Å². The molecule has 0 aliphatic heterocycles. The zero-order valence-corrected chi connectivity index (χ0v) is 10.0. The van der Waals surface area contributed by atoms with E-state index >= 15 is 0 Å². The summed E-state index contributed by atoms with van der Waals surface area (Å²) in [5.74, 6) is 0. The molecule has 1 rings (SSSR count). The highest BCUT2D eigenvalue weighted by atomic mass is 79.9. The van der Waals surface area contributed by atoms with Crippen molar-refractivity contribution in [3.05, 3.63) is 38.3 Å². The molecule has 0 saturated carbocycles. The number of hydrogen-bond acceptors (Lipinski definition) is 3. The predicted molar refractivity (Wildman–Crippen MR) is 58.6 cm³/mol. The Bertz CT molecular complexity index is 423. The molecule has 1 aromatic carbocycles. The van der Waals surface area contributed by atoms with Crippen molar-refractivity contribution in [2.45, 2.75) is 12.7 Å². The molecular formula is C9H8BrF3N2O2. The van der Waals surface area contributed by atoms with Gasteiger partial charge in [0.25, 0.3) is 5.69 Å². The lowest BCUT2D eigenvalue weighted by Crippen LogP contribution is -2.28. The molecule has 0 aliphatic carbocycles. The van der Waals surface area contributed by atoms with Crippen LogP contribution in [0.1, 0.15) is 5.56 Å². The van der Waals surface area contributed by atoms with Gasteiger partial charge < -0.3 is 5.32 Å². The van der Waals surface area contributed by atoms with Crippen LogP contribution in [0.5, 0.6) is 0 Å². The van der Waals surface area contributed by atoms with Gasteiger partial charge in [0.05, 0.1) is 15.9 Å². The summed E-state index contributed by atoms with van der Waals surface area (Å²) in [6.45, 7) is -1.23. The summed E-state index contributed by atoms with van der Waals surface area (Å²) in [6, 6.07) is 4.21. The predicted octanol–water partition coefficient (Wildman–Crippen LogP) is 3.01. The van der Waals surface area contributed by atoms with Crippen LogP contribution in [-0.4, -0.2) is 17.6 Å². The van der Waals surface area contributed by atoms with Gasteiger partial charge in [-0.2, -0.15) is 13.2 Å². The first-order chi connectivity index (χ1) is 7.81. The fraction of sp³-hybridized carbons (Fsp3) is 0.333. The largest absolute Gasteiger partial charge is 0.401 e. The van der Waals surface area contributed by atoms with E-state index in [0.717, 1.165) is 0 Å². The molecule has 8 heteroatoms. The summed E-state index contributed by atoms with van der Waals surface area (Å²) in [6.07, 6.45) is -4.30. The van der Waals surface area contributed by atoms with Crippen LogP contribution in [-0.2, 0) is 6.54 Å². The molecule has 0 heterocycles. The molecule has 0 unspecified atom stereocenters. The Morgan fingerprint density at radius 1 is 1.41 bits per heavy atom. The SMILES string of the molecule is O=[N+]([O-])c1cccc(CNCC(F)(F)F)c1Br. The smallest absolute Gasteiger partial charge is 0.305 e. The van der Waals surface area contributed by atoms with E-state index in [-0.39, 0.29) is 16.7 Å². The molecule has 0 atom stereocenters. The molecule has 94 valence electrons. The lowest BCUT2D eigenvalue weighted by atomic mass is 10.2. The normalized spacial score (nSPS) is 11.5. The number of rotatable bonds is 4. The first-order valence-corrected chi connectivity index (χ1v) is 5.30. The van der Waals surface area contributed by atoms with E-state index in [0.29, 0.717) is 5.56 Å². The van der Waals surface area contributed by atoms with Crippen molar-refractivity contribution in [2.24, 2.45) is 0 Å². The van der Waals surface area contributed by atoms with Gasteiger partial charge in [-0.1, -0.05) is 12.1 Å². The molecule has 0 spiro atoms. The number of alkyl halides is 3. The lowest BCUT2D eigenvalue weighted by molar-refractivity contribution is -0.385. The van der Waals surface area contributed by atoms with E-state index in [9.17, 15) is 23.3 Å². The third-order valence-corrected chi connectivity index (χ3v) is 2.81. The Hall–Kier alpha value is -1.15. The van der Waals surface area contributed by atoms with Gasteiger partial charge in [0.2, 0.25) is 0 Å². The Morgan fingerprint density at radius 2 is 2.06 bits per heavy atom. The zero-order chi connectivity index (χ0) is 13.1. The van der Waals surface area contributed by atoms with Crippen molar-refractivity contribution in [1.29, 1.82) is 0 Å². The summed E-state index contributed by atoms with van der Waals surface area (Å²) in [5, 5.41) is 12.8. The van der Waals surface area contributed by atoms with E-state index in [4.69, 9.17) is 0 Å². The van der Waals surface area contributed by atoms with E-state index in [1.165, 1.54) is 18.2 Å². The second-order valence-corrected chi connectivity index (χ2v) is 4.02. The highest BCUT2D eigenvalue weighted by molar-refractivity contribution is 9.10. The van der Waals surface area contributed by atoms with Crippen LogP contribution < -0.4 is 5.32 Å². The maximum atomic E-state index is 11.9. The summed E-state index contributed by atoms with van der Waals surface area (Å²) in [7, 11) is 0. The maximum absolute atomic E-state index is 11.9. The molecular weight excluding hydrogens is 305 g/mol. The molecule has 0 aliphatic rings. The van der Waals surface area contributed by atoms with Crippen LogP contribution in [0.15, 0.2) is 22.7 Å². The number of nitrogens with one attached hydrogen (secondary N) is 1. The van der Waals surface area contributed by atoms with Crippen LogP contribution in [0.3, 0.4) is 0 Å². The number of nitro benzene ring substituents is 1. The molecule has 4 nitrogen and oxygen atoms in total. The van der Waals surface area contributed by atoms with Gasteiger partial charge in [0.15, 0.2) is 0 Å². The van der Waals surface area contributed by atoms with Crippen LogP contribution in [0, 0.1) is 10.1 Å². The van der Waals surface area contributed by atoms with Gasteiger partial charge in [-0.15, -0.1) is 0 Å². The fourth-order valence-electron chi connectivity index (χ4n) is 1.18. The molecule has 0 aromatic heterocycles. The number of nitrogens with zero attached hydrogens (tertiary/aromatic N) is 1. The molecule has 0 saturated heterocycles. The second-order valence-electron chi connectivity index (χ2n) is 3.23. The summed E-state index contributed by atoms with van der Waals surface area (Å²) < 4.78 is 35.8. The Kier molecular flexibility index (Phi) is 4.47.